The van der Waals surface area contributed by atoms with E-state index in [1.54, 1.807) is 11.3 Å². The predicted molar refractivity (Wildman–Crippen MR) is 87.3 cm³/mol. The Balaban J connectivity index is 1.58. The number of aromatic nitrogens is 3. The van der Waals surface area contributed by atoms with E-state index in [9.17, 15) is 4.79 Å². The fraction of sp³-hybridized carbons (Fsp3) is 0.667. The molecule has 0 spiro atoms. The molecule has 1 atom stereocenters. The molecule has 6 nitrogen and oxygen atoms in total. The van der Waals surface area contributed by atoms with Gasteiger partial charge in [-0.2, -0.15) is 5.10 Å². The Morgan fingerprint density at radius 1 is 1.27 bits per heavy atom. The van der Waals surface area contributed by atoms with Gasteiger partial charge in [0.25, 0.3) is 0 Å². The Labute approximate surface area is 133 Å². The number of carbonyl (C=O) groups is 1. The fourth-order valence-electron chi connectivity index (χ4n) is 3.65. The highest BCUT2D eigenvalue weighted by atomic mass is 32.1. The van der Waals surface area contributed by atoms with Gasteiger partial charge in [-0.1, -0.05) is 11.3 Å². The molecule has 118 valence electrons. The summed E-state index contributed by atoms with van der Waals surface area (Å²) in [6.07, 6.45) is 3.99. The molecule has 1 unspecified atom stereocenters. The van der Waals surface area contributed by atoms with Gasteiger partial charge in [-0.15, -0.1) is 0 Å². The van der Waals surface area contributed by atoms with Crippen LogP contribution in [-0.4, -0.2) is 51.2 Å². The standard InChI is InChI=1S/C15H21N5OS/c1-10-13-14(18(2)17-10)16-15(22-13)19-7-3-5-11(9-19)20-8-4-6-12(20)21/h11H,3-9H2,1-2H3. The first-order valence-corrected chi connectivity index (χ1v) is 8.79. The molecule has 2 saturated heterocycles. The number of hydrogen-bond acceptors (Lipinski definition) is 5. The van der Waals surface area contributed by atoms with Crippen LogP contribution in [0.15, 0.2) is 0 Å². The summed E-state index contributed by atoms with van der Waals surface area (Å²) < 4.78 is 3.03. The van der Waals surface area contributed by atoms with Crippen LogP contribution in [0.4, 0.5) is 5.13 Å². The van der Waals surface area contributed by atoms with Crippen LogP contribution in [0.1, 0.15) is 31.4 Å². The van der Waals surface area contributed by atoms with Crippen molar-refractivity contribution in [3.05, 3.63) is 5.69 Å². The molecule has 0 aliphatic carbocycles. The van der Waals surface area contributed by atoms with Crippen LogP contribution in [0.25, 0.3) is 10.3 Å². The van der Waals surface area contributed by atoms with Gasteiger partial charge in [-0.3, -0.25) is 4.79 Å². The summed E-state index contributed by atoms with van der Waals surface area (Å²) in [5.41, 5.74) is 2.02. The number of piperidine rings is 1. The van der Waals surface area contributed by atoms with Crippen molar-refractivity contribution in [3.63, 3.8) is 0 Å². The monoisotopic (exact) mass is 319 g/mol. The molecule has 0 bridgehead atoms. The van der Waals surface area contributed by atoms with Gasteiger partial charge in [0.15, 0.2) is 10.8 Å². The number of rotatable bonds is 2. The molecule has 2 aromatic heterocycles. The van der Waals surface area contributed by atoms with Crippen molar-refractivity contribution in [1.82, 2.24) is 19.7 Å². The summed E-state index contributed by atoms with van der Waals surface area (Å²) in [4.78, 5) is 21.2. The molecular formula is C15H21N5OS. The van der Waals surface area contributed by atoms with Gasteiger partial charge in [0.2, 0.25) is 5.91 Å². The van der Waals surface area contributed by atoms with Crippen LogP contribution in [-0.2, 0) is 11.8 Å². The maximum absolute atomic E-state index is 12.0. The number of thiazole rings is 1. The Morgan fingerprint density at radius 2 is 2.14 bits per heavy atom. The minimum Gasteiger partial charge on any atom is -0.346 e. The Hall–Kier alpha value is -1.63. The number of likely N-dealkylation sites (tertiary alicyclic amines) is 1. The molecular weight excluding hydrogens is 298 g/mol. The topological polar surface area (TPSA) is 54.3 Å². The van der Waals surface area contributed by atoms with E-state index in [1.807, 2.05) is 18.7 Å². The molecule has 0 radical (unpaired) electrons. The van der Waals surface area contributed by atoms with Crippen molar-refractivity contribution in [1.29, 1.82) is 0 Å². The van der Waals surface area contributed by atoms with E-state index in [1.165, 1.54) is 4.70 Å². The Kier molecular flexibility index (Phi) is 3.32. The molecule has 2 aliphatic heterocycles. The SMILES string of the molecule is Cc1nn(C)c2nc(N3CCCC(N4CCCC4=O)C3)sc12. The van der Waals surface area contributed by atoms with Gasteiger partial charge in [0.1, 0.15) is 0 Å². The van der Waals surface area contributed by atoms with E-state index in [0.29, 0.717) is 11.9 Å². The van der Waals surface area contributed by atoms with Gasteiger partial charge in [-0.25, -0.2) is 9.67 Å². The minimum atomic E-state index is 0.330. The van der Waals surface area contributed by atoms with Crippen molar-refractivity contribution in [3.8, 4) is 0 Å². The van der Waals surface area contributed by atoms with Gasteiger partial charge in [0, 0.05) is 39.1 Å². The molecule has 4 heterocycles. The summed E-state index contributed by atoms with van der Waals surface area (Å²) in [6, 6.07) is 0.356. The lowest BCUT2D eigenvalue weighted by Gasteiger charge is -2.37. The molecule has 0 aromatic carbocycles. The summed E-state index contributed by atoms with van der Waals surface area (Å²) in [7, 11) is 1.95. The number of amides is 1. The zero-order valence-corrected chi connectivity index (χ0v) is 13.9. The summed E-state index contributed by atoms with van der Waals surface area (Å²) in [5.74, 6) is 0.330. The molecule has 2 fully saturated rings. The van der Waals surface area contributed by atoms with E-state index in [0.717, 1.165) is 61.8 Å². The highest BCUT2D eigenvalue weighted by Gasteiger charge is 2.32. The smallest absolute Gasteiger partial charge is 0.222 e. The molecule has 2 aromatic rings. The third-order valence-electron chi connectivity index (χ3n) is 4.75. The lowest BCUT2D eigenvalue weighted by Crippen LogP contribution is -2.48. The second-order valence-corrected chi connectivity index (χ2v) is 7.27. The summed E-state index contributed by atoms with van der Waals surface area (Å²) in [6.45, 7) is 4.91. The predicted octanol–water partition coefficient (Wildman–Crippen LogP) is 1.93. The van der Waals surface area contributed by atoms with Crippen molar-refractivity contribution in [2.45, 2.75) is 38.6 Å². The average Bonchev–Trinajstić information content (AvgIpc) is 3.18. The average molecular weight is 319 g/mol. The van der Waals surface area contributed by atoms with E-state index >= 15 is 0 Å². The number of nitrogens with zero attached hydrogens (tertiary/aromatic N) is 5. The third-order valence-corrected chi connectivity index (χ3v) is 5.97. The molecule has 1 amide bonds. The summed E-state index contributed by atoms with van der Waals surface area (Å²) >= 11 is 1.72. The van der Waals surface area contributed by atoms with Crippen LogP contribution in [0.5, 0.6) is 0 Å². The van der Waals surface area contributed by atoms with Crippen LogP contribution in [0.2, 0.25) is 0 Å². The zero-order valence-electron chi connectivity index (χ0n) is 13.1. The highest BCUT2D eigenvalue weighted by molar-refractivity contribution is 7.22. The number of anilines is 1. The fourth-order valence-corrected chi connectivity index (χ4v) is 4.71. The zero-order chi connectivity index (χ0) is 15.3. The van der Waals surface area contributed by atoms with Crippen LogP contribution in [0.3, 0.4) is 0 Å². The van der Waals surface area contributed by atoms with Crippen molar-refractivity contribution >= 4 is 32.7 Å². The lowest BCUT2D eigenvalue weighted by molar-refractivity contribution is -0.129. The highest BCUT2D eigenvalue weighted by Crippen LogP contribution is 2.33. The number of carbonyl (C=O) groups excluding carboxylic acids is 1. The first kappa shape index (κ1) is 14.0. The van der Waals surface area contributed by atoms with Crippen LogP contribution >= 0.6 is 11.3 Å². The third kappa shape index (κ3) is 2.18. The van der Waals surface area contributed by atoms with E-state index < -0.39 is 0 Å². The normalized spacial score (nSPS) is 23.0. The summed E-state index contributed by atoms with van der Waals surface area (Å²) in [5, 5.41) is 5.49. The molecule has 0 saturated carbocycles. The largest absolute Gasteiger partial charge is 0.346 e. The Bertz CT molecular complexity index is 686. The van der Waals surface area contributed by atoms with Crippen LogP contribution in [0, 0.1) is 6.92 Å². The van der Waals surface area contributed by atoms with E-state index in [4.69, 9.17) is 4.98 Å². The molecule has 0 N–H and O–H groups in total. The second-order valence-electron chi connectivity index (χ2n) is 6.29. The molecule has 2 aliphatic rings. The minimum absolute atomic E-state index is 0.330. The molecule has 4 rings (SSSR count). The molecule has 7 heteroatoms. The van der Waals surface area contributed by atoms with Crippen molar-refractivity contribution < 1.29 is 4.79 Å². The number of aryl methyl sites for hydroxylation is 2. The van der Waals surface area contributed by atoms with E-state index in [-0.39, 0.29) is 0 Å². The Morgan fingerprint density at radius 3 is 2.86 bits per heavy atom. The van der Waals surface area contributed by atoms with Crippen molar-refractivity contribution in [2.75, 3.05) is 24.5 Å². The first-order chi connectivity index (χ1) is 10.6. The maximum atomic E-state index is 12.0. The first-order valence-electron chi connectivity index (χ1n) is 7.98. The van der Waals surface area contributed by atoms with E-state index in [2.05, 4.69) is 14.9 Å². The van der Waals surface area contributed by atoms with Crippen LogP contribution < -0.4 is 4.90 Å². The van der Waals surface area contributed by atoms with Crippen molar-refractivity contribution in [2.24, 2.45) is 7.05 Å². The lowest BCUT2D eigenvalue weighted by atomic mass is 10.1. The number of fused-ring (bicyclic) bond motifs is 1. The molecule has 22 heavy (non-hydrogen) atoms. The number of hydrogen-bond donors (Lipinski definition) is 0. The quantitative estimate of drug-likeness (QED) is 0.849. The maximum Gasteiger partial charge on any atom is 0.222 e. The van der Waals surface area contributed by atoms with Gasteiger partial charge in [-0.05, 0) is 26.2 Å². The second kappa shape index (κ2) is 5.22. The van der Waals surface area contributed by atoms with Gasteiger partial charge >= 0.3 is 0 Å². The van der Waals surface area contributed by atoms with Gasteiger partial charge in [0.05, 0.1) is 10.4 Å². The van der Waals surface area contributed by atoms with Gasteiger partial charge < -0.3 is 9.80 Å².